The average Bonchev–Trinajstić information content (AvgIpc) is 3.18. The van der Waals surface area contributed by atoms with Crippen LogP contribution in [0.15, 0.2) is 59.4 Å². The Morgan fingerprint density at radius 3 is 1.95 bits per heavy atom. The van der Waals surface area contributed by atoms with Crippen LogP contribution in [0.4, 0.5) is 10.5 Å². The minimum atomic E-state index is -0.595. The second kappa shape index (κ2) is 6.21. The molecule has 0 spiro atoms. The smallest absolute Gasteiger partial charge is 0.429 e. The number of amides is 1. The zero-order valence-corrected chi connectivity index (χ0v) is 11.5. The molecule has 0 atom stereocenters. The monoisotopic (exact) mass is 289 g/mol. The summed E-state index contributed by atoms with van der Waals surface area (Å²) in [5.74, 6) is 0. The zero-order valence-electron chi connectivity index (χ0n) is 10.7. The van der Waals surface area contributed by atoms with Gasteiger partial charge in [-0.25, -0.2) is 4.79 Å². The van der Waals surface area contributed by atoms with Crippen molar-refractivity contribution in [2.45, 2.75) is 0 Å². The normalized spacial score (nSPS) is 9.90. The van der Waals surface area contributed by atoms with Crippen molar-refractivity contribution in [2.24, 2.45) is 0 Å². The van der Waals surface area contributed by atoms with Crippen molar-refractivity contribution in [3.05, 3.63) is 64.8 Å². The number of halogens is 1. The van der Waals surface area contributed by atoms with Gasteiger partial charge in [-0.1, -0.05) is 42.5 Å². The molecule has 0 aliphatic rings. The van der Waals surface area contributed by atoms with Gasteiger partial charge in [0.1, 0.15) is 0 Å². The van der Waals surface area contributed by atoms with Crippen molar-refractivity contribution >= 4 is 34.3 Å². The van der Waals surface area contributed by atoms with E-state index in [-0.39, 0.29) is 5.43 Å². The van der Waals surface area contributed by atoms with Crippen molar-refractivity contribution in [2.75, 3.05) is 11.5 Å². The number of anilines is 1. The summed E-state index contributed by atoms with van der Waals surface area (Å²) < 4.78 is 5.34. The number of nitrogens with zero attached hydrogens (tertiary/aromatic N) is 1. The highest BCUT2D eigenvalue weighted by Gasteiger charge is 2.11. The molecule has 102 valence electrons. The largest absolute Gasteiger partial charge is 0.452 e. The Kier molecular flexibility index (Phi) is 4.38. The summed E-state index contributed by atoms with van der Waals surface area (Å²) in [5.41, 5.74) is 0.806. The molecule has 1 amide bonds. The second-order valence-corrected chi connectivity index (χ2v) is 4.30. The molecule has 0 aliphatic carbocycles. The molecule has 5 heteroatoms. The molecule has 20 heavy (non-hydrogen) atoms. The van der Waals surface area contributed by atoms with Crippen LogP contribution in [0.3, 0.4) is 0 Å². The highest BCUT2D eigenvalue weighted by molar-refractivity contribution is 6.35. The number of para-hydroxylation sites is 1. The number of carbonyl (C=O) groups is 1. The first-order chi connectivity index (χ1) is 9.65. The molecular formula is C15H12ClNO3. The molecular weight excluding hydrogens is 278 g/mol. The lowest BCUT2D eigenvalue weighted by Crippen LogP contribution is -2.19. The van der Waals surface area contributed by atoms with Crippen molar-refractivity contribution in [3.63, 3.8) is 0 Å². The first kappa shape index (κ1) is 14.1. The second-order valence-electron chi connectivity index (χ2n) is 3.96. The molecule has 0 fully saturated rings. The maximum Gasteiger partial charge on any atom is 0.429 e. The van der Waals surface area contributed by atoms with E-state index in [1.165, 1.54) is 7.11 Å². The topological polar surface area (TPSA) is 46.6 Å². The van der Waals surface area contributed by atoms with Gasteiger partial charge in [0.15, 0.2) is 5.43 Å². The molecule has 3 rings (SSSR count). The fraction of sp³-hybridized carbons (Fsp3) is 0.0667. The Hall–Kier alpha value is -2.33. The fourth-order valence-electron chi connectivity index (χ4n) is 1.58. The lowest BCUT2D eigenvalue weighted by molar-refractivity contribution is 0.183. The van der Waals surface area contributed by atoms with Crippen molar-refractivity contribution < 1.29 is 9.53 Å². The first-order valence-electron chi connectivity index (χ1n) is 5.87. The Morgan fingerprint density at radius 1 is 1.00 bits per heavy atom. The predicted octanol–water partition coefficient (Wildman–Crippen LogP) is 3.49. The van der Waals surface area contributed by atoms with Crippen LogP contribution in [0.5, 0.6) is 0 Å². The summed E-state index contributed by atoms with van der Waals surface area (Å²) in [6.07, 6.45) is -0.595. The number of carbonyl (C=O) groups excluding carboxylic acids is 1. The van der Waals surface area contributed by atoms with Gasteiger partial charge in [0.05, 0.1) is 12.8 Å². The number of rotatable bonds is 1. The Labute approximate surface area is 120 Å². The third kappa shape index (κ3) is 3.16. The number of methoxy groups -OCH3 is 1. The van der Waals surface area contributed by atoms with E-state index in [1.54, 1.807) is 24.3 Å². The number of ether oxygens (including phenoxy) is 1. The number of benzene rings is 2. The Balaban J connectivity index is 0.000000157. The minimum absolute atomic E-state index is 0.218. The third-order valence-electron chi connectivity index (χ3n) is 2.67. The molecule has 3 aromatic carbocycles. The van der Waals surface area contributed by atoms with E-state index in [4.69, 9.17) is 11.8 Å². The maximum atomic E-state index is 10.9. The molecule has 3 aromatic rings. The summed E-state index contributed by atoms with van der Waals surface area (Å²) in [6.45, 7) is 0. The molecule has 0 aliphatic heterocycles. The van der Waals surface area contributed by atoms with E-state index >= 15 is 0 Å². The Morgan fingerprint density at radius 2 is 1.50 bits per heavy atom. The summed E-state index contributed by atoms with van der Waals surface area (Å²) in [7, 11) is 1.28. The summed E-state index contributed by atoms with van der Waals surface area (Å²) in [6, 6.07) is 16.3. The SMILES string of the molecule is COC(=O)N(Cl)c1ccccc1.O=c1c2ccccc12. The fourth-order valence-corrected chi connectivity index (χ4v) is 1.76. The summed E-state index contributed by atoms with van der Waals surface area (Å²) >= 11 is 5.62. The van der Waals surface area contributed by atoms with Gasteiger partial charge >= 0.3 is 6.09 Å². The highest BCUT2D eigenvalue weighted by Crippen LogP contribution is 2.16. The quantitative estimate of drug-likeness (QED) is 0.644. The van der Waals surface area contributed by atoms with Gasteiger partial charge < -0.3 is 4.74 Å². The molecule has 0 aromatic heterocycles. The molecule has 0 saturated carbocycles. The lowest BCUT2D eigenvalue weighted by Gasteiger charge is -2.10. The van der Waals surface area contributed by atoms with E-state index in [0.29, 0.717) is 5.69 Å². The van der Waals surface area contributed by atoms with Crippen LogP contribution in [0.25, 0.3) is 10.8 Å². The number of hydrogen-bond donors (Lipinski definition) is 0. The van der Waals surface area contributed by atoms with Crippen LogP contribution in [0, 0.1) is 0 Å². The van der Waals surface area contributed by atoms with Crippen LogP contribution in [0.1, 0.15) is 0 Å². The molecule has 0 N–H and O–H groups in total. The van der Waals surface area contributed by atoms with Crippen LogP contribution >= 0.6 is 11.8 Å². The van der Waals surface area contributed by atoms with E-state index < -0.39 is 6.09 Å². The van der Waals surface area contributed by atoms with Crippen LogP contribution in [0.2, 0.25) is 0 Å². The van der Waals surface area contributed by atoms with E-state index in [1.807, 2.05) is 30.3 Å². The Bertz CT molecular complexity index is 686. The van der Waals surface area contributed by atoms with Gasteiger partial charge in [-0.3, -0.25) is 4.79 Å². The van der Waals surface area contributed by atoms with Crippen LogP contribution < -0.4 is 9.85 Å². The standard InChI is InChI=1S/C8H8ClNO2.C7H4O/c1-12-8(11)10(9)7-5-3-2-4-6-7;8-7-5-3-1-2-4-6(5)7/h2-6H,1H3;1-4H. The van der Waals surface area contributed by atoms with Crippen LogP contribution in [-0.2, 0) is 4.74 Å². The zero-order chi connectivity index (χ0) is 14.5. The molecule has 0 saturated heterocycles. The van der Waals surface area contributed by atoms with E-state index in [0.717, 1.165) is 15.2 Å². The minimum Gasteiger partial charge on any atom is -0.452 e. The predicted molar refractivity (Wildman–Crippen MR) is 79.8 cm³/mol. The van der Waals surface area contributed by atoms with Gasteiger partial charge in [0, 0.05) is 22.5 Å². The molecule has 0 bridgehead atoms. The van der Waals surface area contributed by atoms with Crippen molar-refractivity contribution in [1.82, 2.24) is 0 Å². The summed E-state index contributed by atoms with van der Waals surface area (Å²) in [5, 5.41) is 1.79. The molecule has 0 heterocycles. The third-order valence-corrected chi connectivity index (χ3v) is 3.00. The molecule has 4 nitrogen and oxygen atoms in total. The van der Waals surface area contributed by atoms with E-state index in [9.17, 15) is 9.59 Å². The van der Waals surface area contributed by atoms with Gasteiger partial charge in [-0.15, -0.1) is 0 Å². The average molecular weight is 290 g/mol. The lowest BCUT2D eigenvalue weighted by atomic mass is 10.3. The van der Waals surface area contributed by atoms with Crippen LogP contribution in [-0.4, -0.2) is 13.2 Å². The van der Waals surface area contributed by atoms with Crippen molar-refractivity contribution in [3.8, 4) is 0 Å². The van der Waals surface area contributed by atoms with Gasteiger partial charge in [-0.05, 0) is 12.1 Å². The molecule has 0 unspecified atom stereocenters. The van der Waals surface area contributed by atoms with Gasteiger partial charge in [0.2, 0.25) is 0 Å². The molecule has 0 radical (unpaired) electrons. The first-order valence-corrected chi connectivity index (χ1v) is 6.21. The highest BCUT2D eigenvalue weighted by atomic mass is 35.5. The van der Waals surface area contributed by atoms with Gasteiger partial charge in [0.25, 0.3) is 0 Å². The van der Waals surface area contributed by atoms with Gasteiger partial charge in [-0.2, -0.15) is 4.42 Å². The number of fused-ring (bicyclic) bond motifs is 1. The number of hydrogen-bond acceptors (Lipinski definition) is 3. The summed E-state index contributed by atoms with van der Waals surface area (Å²) in [4.78, 5) is 21.4. The van der Waals surface area contributed by atoms with Crippen molar-refractivity contribution in [1.29, 1.82) is 0 Å². The van der Waals surface area contributed by atoms with E-state index in [2.05, 4.69) is 4.74 Å². The maximum absolute atomic E-state index is 10.9.